The third-order valence-corrected chi connectivity index (χ3v) is 4.30. The topological polar surface area (TPSA) is 61.8 Å². The molecule has 0 bridgehead atoms. The smallest absolute Gasteiger partial charge is 0.463 e. The molecule has 0 aromatic carbocycles. The van der Waals surface area contributed by atoms with Crippen LogP contribution in [0.2, 0.25) is 0 Å². The molecule has 0 amide bonds. The van der Waals surface area contributed by atoms with Gasteiger partial charge in [0, 0.05) is 6.08 Å². The molecule has 0 saturated carbocycles. The first kappa shape index (κ1) is 21.5. The molecule has 1 heterocycles. The van der Waals surface area contributed by atoms with Crippen LogP contribution in [0.5, 0.6) is 0 Å². The number of rotatable bonds is 15. The second kappa shape index (κ2) is 14.8. The van der Waals surface area contributed by atoms with Gasteiger partial charge < -0.3 is 14.2 Å². The molecule has 0 aromatic rings. The van der Waals surface area contributed by atoms with E-state index in [1.807, 2.05) is 0 Å². The van der Waals surface area contributed by atoms with E-state index in [4.69, 9.17) is 9.47 Å². The first-order valence-electron chi connectivity index (χ1n) is 9.90. The van der Waals surface area contributed by atoms with Gasteiger partial charge in [-0.05, 0) is 12.5 Å². The highest BCUT2D eigenvalue weighted by Gasteiger charge is 2.22. The number of ether oxygens (including phenoxy) is 3. The predicted octanol–water partition coefficient (Wildman–Crippen LogP) is 5.32. The number of hydrogen-bond acceptors (Lipinski definition) is 5. The molecule has 0 radical (unpaired) electrons. The van der Waals surface area contributed by atoms with Crippen molar-refractivity contribution < 1.29 is 23.8 Å². The Morgan fingerprint density at radius 3 is 2.08 bits per heavy atom. The molecule has 0 unspecified atom stereocenters. The lowest BCUT2D eigenvalue weighted by molar-refractivity contribution is -0.137. The fourth-order valence-corrected chi connectivity index (χ4v) is 2.79. The van der Waals surface area contributed by atoms with Gasteiger partial charge in [-0.15, -0.1) is 0 Å². The average Bonchev–Trinajstić information content (AvgIpc) is 3.02. The number of esters is 1. The Balaban J connectivity index is 1.81. The summed E-state index contributed by atoms with van der Waals surface area (Å²) in [6, 6.07) is 0. The summed E-state index contributed by atoms with van der Waals surface area (Å²) >= 11 is 0. The Morgan fingerprint density at radius 1 is 1.00 bits per heavy atom. The van der Waals surface area contributed by atoms with E-state index in [2.05, 4.69) is 11.7 Å². The molecule has 5 nitrogen and oxygen atoms in total. The Morgan fingerprint density at radius 2 is 1.56 bits per heavy atom. The highest BCUT2D eigenvalue weighted by Crippen LogP contribution is 2.12. The van der Waals surface area contributed by atoms with Crippen LogP contribution in [0.25, 0.3) is 0 Å². The van der Waals surface area contributed by atoms with Crippen molar-refractivity contribution in [1.29, 1.82) is 0 Å². The molecule has 0 N–H and O–H groups in total. The van der Waals surface area contributed by atoms with Crippen LogP contribution in [0.1, 0.15) is 84.0 Å². The maximum atomic E-state index is 11.5. The van der Waals surface area contributed by atoms with Crippen LogP contribution in [0, 0.1) is 0 Å². The van der Waals surface area contributed by atoms with Gasteiger partial charge in [-0.1, -0.05) is 77.6 Å². The second-order valence-corrected chi connectivity index (χ2v) is 6.63. The van der Waals surface area contributed by atoms with E-state index in [1.54, 1.807) is 0 Å². The van der Waals surface area contributed by atoms with E-state index in [1.165, 1.54) is 76.4 Å². The molecule has 0 aromatic heterocycles. The largest absolute Gasteiger partial charge is 0.509 e. The van der Waals surface area contributed by atoms with Crippen LogP contribution >= 0.6 is 0 Å². The summed E-state index contributed by atoms with van der Waals surface area (Å²) in [6.45, 7) is 2.85. The maximum Gasteiger partial charge on any atom is 0.509 e. The molecular weight excluding hydrogens is 320 g/mol. The third-order valence-electron chi connectivity index (χ3n) is 4.30. The molecule has 5 heteroatoms. The van der Waals surface area contributed by atoms with Crippen LogP contribution in [0.4, 0.5) is 4.79 Å². The SMILES string of the molecule is CCCCCCCCCCCCCCOC(=O)/C=C/[C@H]1COC(=O)O1. The van der Waals surface area contributed by atoms with Crippen molar-refractivity contribution in [3.8, 4) is 0 Å². The summed E-state index contributed by atoms with van der Waals surface area (Å²) < 4.78 is 14.5. The van der Waals surface area contributed by atoms with Gasteiger partial charge in [0.15, 0.2) is 6.10 Å². The van der Waals surface area contributed by atoms with Crippen LogP contribution in [-0.2, 0) is 19.0 Å². The van der Waals surface area contributed by atoms with Crippen molar-refractivity contribution in [3.05, 3.63) is 12.2 Å². The van der Waals surface area contributed by atoms with Gasteiger partial charge in [0.2, 0.25) is 0 Å². The molecule has 1 rings (SSSR count). The van der Waals surface area contributed by atoms with Gasteiger partial charge in [-0.2, -0.15) is 0 Å². The lowest BCUT2D eigenvalue weighted by atomic mass is 10.1. The Bertz CT molecular complexity index is 392. The predicted molar refractivity (Wildman–Crippen MR) is 97.4 cm³/mol. The highest BCUT2D eigenvalue weighted by molar-refractivity contribution is 5.82. The molecule has 25 heavy (non-hydrogen) atoms. The second-order valence-electron chi connectivity index (χ2n) is 6.63. The van der Waals surface area contributed by atoms with Crippen molar-refractivity contribution in [2.75, 3.05) is 13.2 Å². The third kappa shape index (κ3) is 12.5. The number of carbonyl (C=O) groups is 2. The number of cyclic esters (lactones) is 2. The molecule has 144 valence electrons. The molecule has 0 spiro atoms. The summed E-state index contributed by atoms with van der Waals surface area (Å²) in [5.41, 5.74) is 0. The zero-order valence-corrected chi connectivity index (χ0v) is 15.7. The lowest BCUT2D eigenvalue weighted by Gasteiger charge is -2.04. The number of hydrogen-bond donors (Lipinski definition) is 0. The normalized spacial score (nSPS) is 16.8. The molecule has 0 aliphatic carbocycles. The van der Waals surface area contributed by atoms with E-state index >= 15 is 0 Å². The molecule has 1 saturated heterocycles. The van der Waals surface area contributed by atoms with Crippen LogP contribution in [0.15, 0.2) is 12.2 Å². The Labute approximate surface area is 152 Å². The minimum atomic E-state index is -0.695. The van der Waals surface area contributed by atoms with Gasteiger partial charge in [0.25, 0.3) is 0 Å². The summed E-state index contributed by atoms with van der Waals surface area (Å²) in [5, 5.41) is 0. The lowest BCUT2D eigenvalue weighted by Crippen LogP contribution is -2.08. The minimum absolute atomic E-state index is 0.154. The monoisotopic (exact) mass is 354 g/mol. The summed E-state index contributed by atoms with van der Waals surface area (Å²) in [6.07, 6.45) is 17.0. The quantitative estimate of drug-likeness (QED) is 0.226. The van der Waals surface area contributed by atoms with E-state index in [0.717, 1.165) is 12.8 Å². The summed E-state index contributed by atoms with van der Waals surface area (Å²) in [7, 11) is 0. The zero-order chi connectivity index (χ0) is 18.2. The van der Waals surface area contributed by atoms with E-state index in [9.17, 15) is 9.59 Å². The molecule has 1 fully saturated rings. The van der Waals surface area contributed by atoms with Crippen LogP contribution < -0.4 is 0 Å². The van der Waals surface area contributed by atoms with E-state index in [0.29, 0.717) is 6.61 Å². The van der Waals surface area contributed by atoms with Gasteiger partial charge in [-0.3, -0.25) is 0 Å². The standard InChI is InChI=1S/C20H34O5/c1-2-3-4-5-6-7-8-9-10-11-12-13-16-23-19(21)15-14-18-17-24-20(22)25-18/h14-15,18H,2-13,16-17H2,1H3/b15-14+/t18-/m0/s1. The van der Waals surface area contributed by atoms with Crippen molar-refractivity contribution in [3.63, 3.8) is 0 Å². The summed E-state index contributed by atoms with van der Waals surface area (Å²) in [5.74, 6) is -0.397. The van der Waals surface area contributed by atoms with Crippen molar-refractivity contribution in [2.45, 2.75) is 90.1 Å². The summed E-state index contributed by atoms with van der Waals surface area (Å²) in [4.78, 5) is 22.2. The molecular formula is C20H34O5. The van der Waals surface area contributed by atoms with E-state index < -0.39 is 18.2 Å². The van der Waals surface area contributed by atoms with Gasteiger partial charge in [-0.25, -0.2) is 9.59 Å². The fourth-order valence-electron chi connectivity index (χ4n) is 2.79. The maximum absolute atomic E-state index is 11.5. The van der Waals surface area contributed by atoms with Gasteiger partial charge >= 0.3 is 12.1 Å². The molecule has 1 atom stereocenters. The van der Waals surface area contributed by atoms with Crippen molar-refractivity contribution in [2.24, 2.45) is 0 Å². The molecule has 1 aliphatic heterocycles. The first-order chi connectivity index (χ1) is 12.2. The highest BCUT2D eigenvalue weighted by atomic mass is 16.8. The Hall–Kier alpha value is -1.52. The molecule has 1 aliphatic rings. The number of carbonyl (C=O) groups excluding carboxylic acids is 2. The average molecular weight is 354 g/mol. The van der Waals surface area contributed by atoms with Crippen LogP contribution in [-0.4, -0.2) is 31.4 Å². The van der Waals surface area contributed by atoms with Gasteiger partial charge in [0.05, 0.1) is 6.61 Å². The van der Waals surface area contributed by atoms with Gasteiger partial charge in [0.1, 0.15) is 6.61 Å². The zero-order valence-electron chi connectivity index (χ0n) is 15.7. The van der Waals surface area contributed by atoms with E-state index in [-0.39, 0.29) is 6.61 Å². The van der Waals surface area contributed by atoms with Crippen LogP contribution in [0.3, 0.4) is 0 Å². The number of unbranched alkanes of at least 4 members (excludes halogenated alkanes) is 11. The fraction of sp³-hybridized carbons (Fsp3) is 0.800. The van der Waals surface area contributed by atoms with Crippen molar-refractivity contribution in [1.82, 2.24) is 0 Å². The van der Waals surface area contributed by atoms with Crippen molar-refractivity contribution >= 4 is 12.1 Å². The minimum Gasteiger partial charge on any atom is -0.463 e. The Kier molecular flexibility index (Phi) is 12.7. The first-order valence-corrected chi connectivity index (χ1v) is 9.90.